The fourth-order valence-corrected chi connectivity index (χ4v) is 3.61. The maximum absolute atomic E-state index is 12.2. The third-order valence-electron chi connectivity index (χ3n) is 5.41. The summed E-state index contributed by atoms with van der Waals surface area (Å²) in [6.45, 7) is 0.990. The lowest BCUT2D eigenvalue weighted by Gasteiger charge is -2.09. The van der Waals surface area contributed by atoms with Crippen LogP contribution in [0.15, 0.2) is 72.9 Å². The first-order valence-electron chi connectivity index (χ1n) is 11.0. The molecule has 35 heavy (non-hydrogen) atoms. The van der Waals surface area contributed by atoms with Crippen molar-refractivity contribution in [2.45, 2.75) is 19.8 Å². The molecule has 0 saturated carbocycles. The zero-order chi connectivity index (χ0) is 24.8. The summed E-state index contributed by atoms with van der Waals surface area (Å²) in [5.74, 6) is -1.98. The van der Waals surface area contributed by atoms with Gasteiger partial charge in [0.15, 0.2) is 11.4 Å². The van der Waals surface area contributed by atoms with Crippen LogP contribution in [-0.4, -0.2) is 43.6 Å². The largest absolute Gasteiger partial charge is 0.504 e. The fourth-order valence-electron chi connectivity index (χ4n) is 3.61. The molecule has 4 rings (SSSR count). The molecule has 0 fully saturated rings. The van der Waals surface area contributed by atoms with Gasteiger partial charge in [-0.25, -0.2) is 9.97 Å². The van der Waals surface area contributed by atoms with E-state index in [1.54, 1.807) is 6.92 Å². The molecule has 4 aromatic rings. The van der Waals surface area contributed by atoms with E-state index in [0.29, 0.717) is 12.2 Å². The Morgan fingerprint density at radius 1 is 0.857 bits per heavy atom. The van der Waals surface area contributed by atoms with Gasteiger partial charge >= 0.3 is 5.97 Å². The topological polar surface area (TPSA) is 125 Å². The van der Waals surface area contributed by atoms with Gasteiger partial charge in [0, 0.05) is 18.2 Å². The highest BCUT2D eigenvalue weighted by molar-refractivity contribution is 5.96. The Bertz CT molecular complexity index is 1340. The van der Waals surface area contributed by atoms with Crippen molar-refractivity contribution in [3.8, 4) is 17.0 Å². The van der Waals surface area contributed by atoms with E-state index in [9.17, 15) is 14.7 Å². The van der Waals surface area contributed by atoms with Crippen LogP contribution >= 0.6 is 0 Å². The lowest BCUT2D eigenvalue weighted by molar-refractivity contribution is -0.135. The molecule has 0 aliphatic heterocycles. The van der Waals surface area contributed by atoms with Crippen LogP contribution in [-0.2, 0) is 17.6 Å². The van der Waals surface area contributed by atoms with Crippen LogP contribution in [0.4, 0.5) is 0 Å². The molecule has 176 valence electrons. The van der Waals surface area contributed by atoms with Gasteiger partial charge < -0.3 is 15.5 Å². The van der Waals surface area contributed by atoms with Gasteiger partial charge in [-0.3, -0.25) is 14.6 Å². The number of nitrogens with zero attached hydrogens (tertiary/aromatic N) is 3. The molecule has 0 atom stereocenters. The van der Waals surface area contributed by atoms with E-state index in [4.69, 9.17) is 5.11 Å². The summed E-state index contributed by atoms with van der Waals surface area (Å²) in [7, 11) is 0. The first-order valence-corrected chi connectivity index (χ1v) is 11.0. The number of aromatic nitrogens is 3. The van der Waals surface area contributed by atoms with E-state index in [-0.39, 0.29) is 17.1 Å². The molecule has 0 aliphatic rings. The summed E-state index contributed by atoms with van der Waals surface area (Å²) in [6.07, 6.45) is 3.06. The normalized spacial score (nSPS) is 10.7. The summed E-state index contributed by atoms with van der Waals surface area (Å²) >= 11 is 0. The Kier molecular flexibility index (Phi) is 7.11. The quantitative estimate of drug-likeness (QED) is 0.361. The van der Waals surface area contributed by atoms with Gasteiger partial charge in [-0.05, 0) is 36.1 Å². The van der Waals surface area contributed by atoms with Crippen molar-refractivity contribution in [2.24, 2.45) is 0 Å². The van der Waals surface area contributed by atoms with Gasteiger partial charge in [0.25, 0.3) is 5.91 Å². The lowest BCUT2D eigenvalue weighted by Crippen LogP contribution is -2.30. The average molecular weight is 469 g/mol. The summed E-state index contributed by atoms with van der Waals surface area (Å²) < 4.78 is 0. The van der Waals surface area contributed by atoms with E-state index in [1.807, 2.05) is 54.7 Å². The lowest BCUT2D eigenvalue weighted by atomic mass is 10.0. The Labute approximate surface area is 202 Å². The number of carboxylic acids is 1. The highest BCUT2D eigenvalue weighted by atomic mass is 16.4. The van der Waals surface area contributed by atoms with Crippen molar-refractivity contribution in [3.05, 3.63) is 107 Å². The highest BCUT2D eigenvalue weighted by Gasteiger charge is 2.18. The van der Waals surface area contributed by atoms with Crippen molar-refractivity contribution in [3.63, 3.8) is 0 Å². The van der Waals surface area contributed by atoms with Crippen LogP contribution in [0, 0.1) is 6.92 Å². The smallest absolute Gasteiger partial charge is 0.322 e. The molecule has 8 heteroatoms. The number of carboxylic acid groups (broad SMARTS) is 1. The minimum atomic E-state index is -1.19. The van der Waals surface area contributed by atoms with Crippen molar-refractivity contribution in [1.82, 2.24) is 20.3 Å². The number of amides is 1. The van der Waals surface area contributed by atoms with E-state index in [0.717, 1.165) is 28.8 Å². The number of hydrogen-bond donors (Lipinski definition) is 3. The zero-order valence-electron chi connectivity index (χ0n) is 19.1. The molecular weight excluding hydrogens is 444 g/mol. The minimum absolute atomic E-state index is 0.242. The number of nitrogens with one attached hydrogen (secondary N) is 1. The Morgan fingerprint density at radius 2 is 1.54 bits per heavy atom. The van der Waals surface area contributed by atoms with E-state index in [2.05, 4.69) is 38.5 Å². The maximum atomic E-state index is 12.2. The molecule has 3 N–H and O–H groups in total. The first kappa shape index (κ1) is 23.6. The van der Waals surface area contributed by atoms with Crippen molar-refractivity contribution in [1.29, 1.82) is 0 Å². The summed E-state index contributed by atoms with van der Waals surface area (Å²) in [4.78, 5) is 35.9. The molecule has 8 nitrogen and oxygen atoms in total. The Balaban J connectivity index is 1.45. The van der Waals surface area contributed by atoms with E-state index < -0.39 is 18.4 Å². The maximum Gasteiger partial charge on any atom is 0.322 e. The molecule has 0 spiro atoms. The number of benzene rings is 2. The number of hydrogen-bond acceptors (Lipinski definition) is 6. The number of aryl methyl sites for hydroxylation is 1. The van der Waals surface area contributed by atoms with Gasteiger partial charge in [-0.2, -0.15) is 0 Å². The number of pyridine rings is 1. The fraction of sp³-hybridized carbons (Fsp3) is 0.148. The number of rotatable bonds is 8. The van der Waals surface area contributed by atoms with Gasteiger partial charge in [-0.15, -0.1) is 0 Å². The van der Waals surface area contributed by atoms with Crippen molar-refractivity contribution >= 4 is 11.9 Å². The van der Waals surface area contributed by atoms with Crippen molar-refractivity contribution in [2.75, 3.05) is 6.54 Å². The van der Waals surface area contributed by atoms with Crippen LogP contribution in [0.2, 0.25) is 0 Å². The Morgan fingerprint density at radius 3 is 2.20 bits per heavy atom. The number of aliphatic carboxylic acids is 1. The highest BCUT2D eigenvalue weighted by Crippen LogP contribution is 2.22. The van der Waals surface area contributed by atoms with Crippen LogP contribution < -0.4 is 5.32 Å². The monoisotopic (exact) mass is 468 g/mol. The predicted octanol–water partition coefficient (Wildman–Crippen LogP) is 3.55. The zero-order valence-corrected chi connectivity index (χ0v) is 19.1. The summed E-state index contributed by atoms with van der Waals surface area (Å²) in [5, 5.41) is 21.1. The number of aromatic hydroxyl groups is 1. The van der Waals surface area contributed by atoms with Gasteiger partial charge in [0.05, 0.1) is 11.4 Å². The average Bonchev–Trinajstić information content (AvgIpc) is 2.86. The molecule has 0 aliphatic carbocycles. The second-order valence-corrected chi connectivity index (χ2v) is 8.09. The molecular formula is C27H24N4O4. The molecule has 0 radical (unpaired) electrons. The van der Waals surface area contributed by atoms with Crippen LogP contribution in [0.3, 0.4) is 0 Å². The van der Waals surface area contributed by atoms with Gasteiger partial charge in [0.1, 0.15) is 12.4 Å². The minimum Gasteiger partial charge on any atom is -0.504 e. The van der Waals surface area contributed by atoms with E-state index >= 15 is 0 Å². The number of carbonyl (C=O) groups excluding carboxylic acids is 1. The van der Waals surface area contributed by atoms with E-state index in [1.165, 1.54) is 5.56 Å². The van der Waals surface area contributed by atoms with Crippen LogP contribution in [0.25, 0.3) is 11.3 Å². The molecule has 0 saturated heterocycles. The second-order valence-electron chi connectivity index (χ2n) is 8.09. The van der Waals surface area contributed by atoms with Gasteiger partial charge in [-0.1, -0.05) is 60.7 Å². The summed E-state index contributed by atoms with van der Waals surface area (Å²) in [5.41, 5.74) is 5.12. The molecule has 2 aromatic heterocycles. The SMILES string of the molecule is Cc1nc(Cc2ccc(-c3ccc(Cc4ccccc4)cn3)cc2)nc(C(=O)NCC(=O)O)c1O. The third kappa shape index (κ3) is 6.05. The third-order valence-corrected chi connectivity index (χ3v) is 5.41. The van der Waals surface area contributed by atoms with Crippen LogP contribution in [0.5, 0.6) is 5.75 Å². The molecule has 0 unspecified atom stereocenters. The Hall–Kier alpha value is -4.59. The molecule has 2 heterocycles. The molecule has 2 aromatic carbocycles. The van der Waals surface area contributed by atoms with Crippen LogP contribution in [0.1, 0.15) is 38.7 Å². The summed E-state index contributed by atoms with van der Waals surface area (Å²) in [6, 6.07) is 22.1. The van der Waals surface area contributed by atoms with Gasteiger partial charge in [0.2, 0.25) is 0 Å². The molecule has 1 amide bonds. The second kappa shape index (κ2) is 10.6. The predicted molar refractivity (Wildman–Crippen MR) is 130 cm³/mol. The van der Waals surface area contributed by atoms with Crippen molar-refractivity contribution < 1.29 is 19.8 Å². The first-order chi connectivity index (χ1) is 16.9. The molecule has 0 bridgehead atoms. The number of carbonyl (C=O) groups is 2. The standard InChI is InChI=1S/C27H24N4O4/c1-17-26(34)25(27(35)29-16-24(32)33)31-23(30-17)14-19-7-10-21(11-8-19)22-12-9-20(15-28-22)13-18-5-3-2-4-6-18/h2-12,15,34H,13-14,16H2,1H3,(H,29,35)(H,32,33).